The number of rotatable bonds is 3. The largest absolute Gasteiger partial charge is 0.314 e. The third-order valence-electron chi connectivity index (χ3n) is 4.80. The summed E-state index contributed by atoms with van der Waals surface area (Å²) < 4.78 is 1.97. The smallest absolute Gasteiger partial charge is 0.0645 e. The number of hydrogen-bond acceptors (Lipinski definition) is 3. The summed E-state index contributed by atoms with van der Waals surface area (Å²) in [5, 5.41) is 8.12. The minimum absolute atomic E-state index is 0.772. The molecule has 2 fully saturated rings. The van der Waals surface area contributed by atoms with Crippen LogP contribution in [0, 0.1) is 5.92 Å². The Morgan fingerprint density at radius 1 is 1.19 bits per heavy atom. The van der Waals surface area contributed by atoms with Crippen LogP contribution >= 0.6 is 0 Å². The lowest BCUT2D eigenvalue weighted by molar-refractivity contribution is 0.156. The predicted molar refractivity (Wildman–Crippen MR) is 83.4 cm³/mol. The summed E-state index contributed by atoms with van der Waals surface area (Å²) in [5.74, 6) is 0.850. The second-order valence-corrected chi connectivity index (χ2v) is 6.26. The lowest BCUT2D eigenvalue weighted by Gasteiger charge is -2.34. The first-order valence-corrected chi connectivity index (χ1v) is 7.93. The van der Waals surface area contributed by atoms with Crippen LogP contribution in [0.5, 0.6) is 0 Å². The number of likely N-dealkylation sites (tertiary alicyclic amines) is 1. The highest BCUT2D eigenvalue weighted by atomic mass is 15.3. The molecular weight excluding hydrogens is 260 g/mol. The van der Waals surface area contributed by atoms with Crippen molar-refractivity contribution < 1.29 is 0 Å². The topological polar surface area (TPSA) is 33.1 Å². The first-order valence-electron chi connectivity index (χ1n) is 7.93. The lowest BCUT2D eigenvalue weighted by Crippen LogP contribution is -2.43. The van der Waals surface area contributed by atoms with Crippen LogP contribution < -0.4 is 5.32 Å². The molecule has 0 saturated carbocycles. The van der Waals surface area contributed by atoms with Gasteiger partial charge in [0.2, 0.25) is 0 Å². The molecule has 0 amide bonds. The fraction of sp³-hybridized carbons (Fsp3) is 0.471. The molecule has 21 heavy (non-hydrogen) atoms. The maximum absolute atomic E-state index is 4.50. The van der Waals surface area contributed by atoms with Crippen LogP contribution in [0.3, 0.4) is 0 Å². The number of nitrogens with zero attached hydrogens (tertiary/aromatic N) is 3. The molecule has 110 valence electrons. The Balaban J connectivity index is 1.42. The van der Waals surface area contributed by atoms with E-state index < -0.39 is 0 Å². The van der Waals surface area contributed by atoms with E-state index in [0.717, 1.165) is 24.2 Å². The molecule has 3 heterocycles. The van der Waals surface area contributed by atoms with Crippen molar-refractivity contribution in [2.24, 2.45) is 5.92 Å². The fourth-order valence-electron chi connectivity index (χ4n) is 3.69. The number of fused-ring (bicyclic) bond motifs is 1. The van der Waals surface area contributed by atoms with Gasteiger partial charge in [-0.05, 0) is 44.0 Å². The lowest BCUT2D eigenvalue weighted by atomic mass is 9.93. The van der Waals surface area contributed by atoms with E-state index in [1.54, 1.807) is 0 Å². The van der Waals surface area contributed by atoms with Gasteiger partial charge in [0.05, 0.1) is 11.9 Å². The van der Waals surface area contributed by atoms with Crippen LogP contribution in [-0.4, -0.2) is 40.4 Å². The molecule has 2 aromatic rings. The third kappa shape index (κ3) is 2.74. The summed E-state index contributed by atoms with van der Waals surface area (Å²) in [6.45, 7) is 4.66. The Hall–Kier alpha value is -1.65. The minimum atomic E-state index is 0.772. The van der Waals surface area contributed by atoms with E-state index in [-0.39, 0.29) is 0 Å². The highest BCUT2D eigenvalue weighted by Crippen LogP contribution is 2.25. The van der Waals surface area contributed by atoms with Crippen molar-refractivity contribution >= 4 is 0 Å². The van der Waals surface area contributed by atoms with E-state index in [4.69, 9.17) is 0 Å². The second kappa shape index (κ2) is 5.62. The Morgan fingerprint density at radius 3 is 3.00 bits per heavy atom. The summed E-state index contributed by atoms with van der Waals surface area (Å²) in [4.78, 5) is 2.58. The van der Waals surface area contributed by atoms with Crippen LogP contribution in [-0.2, 0) is 6.54 Å². The molecule has 4 heteroatoms. The van der Waals surface area contributed by atoms with Crippen molar-refractivity contribution in [3.8, 4) is 5.69 Å². The molecule has 0 spiro atoms. The Morgan fingerprint density at radius 2 is 2.10 bits per heavy atom. The zero-order valence-corrected chi connectivity index (χ0v) is 12.3. The molecule has 2 unspecified atom stereocenters. The zero-order chi connectivity index (χ0) is 14.1. The number of para-hydroxylation sites is 1. The minimum Gasteiger partial charge on any atom is -0.314 e. The van der Waals surface area contributed by atoms with Gasteiger partial charge >= 0.3 is 0 Å². The molecule has 0 radical (unpaired) electrons. The molecule has 1 aromatic heterocycles. The molecule has 0 aliphatic carbocycles. The van der Waals surface area contributed by atoms with Gasteiger partial charge in [-0.2, -0.15) is 5.10 Å². The van der Waals surface area contributed by atoms with E-state index in [1.165, 1.54) is 38.0 Å². The van der Waals surface area contributed by atoms with Gasteiger partial charge in [0.25, 0.3) is 0 Å². The summed E-state index contributed by atoms with van der Waals surface area (Å²) in [5.41, 5.74) is 2.44. The van der Waals surface area contributed by atoms with Crippen LogP contribution in [0.2, 0.25) is 0 Å². The van der Waals surface area contributed by atoms with Crippen LogP contribution in [0.4, 0.5) is 0 Å². The second-order valence-electron chi connectivity index (χ2n) is 6.26. The fourth-order valence-corrected chi connectivity index (χ4v) is 3.69. The molecule has 2 atom stereocenters. The van der Waals surface area contributed by atoms with Crippen molar-refractivity contribution in [2.45, 2.75) is 25.4 Å². The summed E-state index contributed by atoms with van der Waals surface area (Å²) in [6, 6.07) is 11.1. The van der Waals surface area contributed by atoms with Gasteiger partial charge in [-0.15, -0.1) is 0 Å². The van der Waals surface area contributed by atoms with Gasteiger partial charge in [0.1, 0.15) is 0 Å². The number of piperidine rings is 1. The highest BCUT2D eigenvalue weighted by Gasteiger charge is 2.32. The first kappa shape index (κ1) is 13.0. The van der Waals surface area contributed by atoms with Crippen LogP contribution in [0.25, 0.3) is 5.69 Å². The van der Waals surface area contributed by atoms with E-state index in [0.29, 0.717) is 0 Å². The summed E-state index contributed by atoms with van der Waals surface area (Å²) in [7, 11) is 0. The quantitative estimate of drug-likeness (QED) is 0.935. The Kier molecular flexibility index (Phi) is 3.49. The molecule has 1 aromatic carbocycles. The molecule has 2 saturated heterocycles. The molecule has 4 nitrogen and oxygen atoms in total. The molecule has 2 aliphatic rings. The van der Waals surface area contributed by atoms with Gasteiger partial charge in [-0.1, -0.05) is 18.2 Å². The van der Waals surface area contributed by atoms with E-state index in [9.17, 15) is 0 Å². The van der Waals surface area contributed by atoms with Gasteiger partial charge in [0, 0.05) is 30.9 Å². The Bertz CT molecular complexity index is 592. The van der Waals surface area contributed by atoms with Crippen molar-refractivity contribution in [3.05, 3.63) is 48.3 Å². The SMILES string of the molecule is c1ccc(-n2cc(CN3CCC4NCCC4C3)cn2)cc1. The Labute approximate surface area is 125 Å². The average molecular weight is 282 g/mol. The standard InChI is InChI=1S/C17H22N4/c1-2-4-16(5-3-1)21-12-14(10-19-21)11-20-9-7-17-15(13-20)6-8-18-17/h1-5,10,12,15,17-18H,6-9,11,13H2. The van der Waals surface area contributed by atoms with Crippen molar-refractivity contribution in [3.63, 3.8) is 0 Å². The van der Waals surface area contributed by atoms with Crippen molar-refractivity contribution in [1.29, 1.82) is 0 Å². The van der Waals surface area contributed by atoms with E-state index in [2.05, 4.69) is 45.8 Å². The molecular formula is C17H22N4. The van der Waals surface area contributed by atoms with E-state index in [1.807, 2.05) is 16.9 Å². The molecule has 2 aliphatic heterocycles. The van der Waals surface area contributed by atoms with Gasteiger partial charge in [0.15, 0.2) is 0 Å². The maximum Gasteiger partial charge on any atom is 0.0645 e. The highest BCUT2D eigenvalue weighted by molar-refractivity contribution is 5.30. The number of aromatic nitrogens is 2. The predicted octanol–water partition coefficient (Wildman–Crippen LogP) is 2.06. The van der Waals surface area contributed by atoms with Crippen molar-refractivity contribution in [2.75, 3.05) is 19.6 Å². The summed E-state index contributed by atoms with van der Waals surface area (Å²) >= 11 is 0. The number of nitrogens with one attached hydrogen (secondary N) is 1. The molecule has 0 bridgehead atoms. The zero-order valence-electron chi connectivity index (χ0n) is 12.3. The van der Waals surface area contributed by atoms with Crippen molar-refractivity contribution in [1.82, 2.24) is 20.0 Å². The first-order chi connectivity index (χ1) is 10.4. The normalized spacial score (nSPS) is 25.9. The third-order valence-corrected chi connectivity index (χ3v) is 4.80. The summed E-state index contributed by atoms with van der Waals surface area (Å²) in [6.07, 6.45) is 6.79. The van der Waals surface area contributed by atoms with E-state index >= 15 is 0 Å². The number of hydrogen-bond donors (Lipinski definition) is 1. The van der Waals surface area contributed by atoms with Gasteiger partial charge < -0.3 is 5.32 Å². The van der Waals surface area contributed by atoms with Crippen LogP contribution in [0.15, 0.2) is 42.7 Å². The van der Waals surface area contributed by atoms with Gasteiger partial charge in [-0.3, -0.25) is 4.90 Å². The molecule has 4 rings (SSSR count). The van der Waals surface area contributed by atoms with Crippen LogP contribution in [0.1, 0.15) is 18.4 Å². The monoisotopic (exact) mass is 282 g/mol. The van der Waals surface area contributed by atoms with Gasteiger partial charge in [-0.25, -0.2) is 4.68 Å². The maximum atomic E-state index is 4.50. The average Bonchev–Trinajstić information content (AvgIpc) is 3.17. The molecule has 1 N–H and O–H groups in total. The number of benzene rings is 1.